The maximum atomic E-state index is 4.67. The fourth-order valence-electron chi connectivity index (χ4n) is 2.55. The van der Waals surface area contributed by atoms with Gasteiger partial charge in [0.15, 0.2) is 5.82 Å². The van der Waals surface area contributed by atoms with Gasteiger partial charge in [-0.05, 0) is 12.8 Å². The van der Waals surface area contributed by atoms with Gasteiger partial charge in [-0.15, -0.1) is 0 Å². The summed E-state index contributed by atoms with van der Waals surface area (Å²) in [7, 11) is 0. The molecule has 1 atom stereocenters. The smallest absolute Gasteiger partial charge is 0.153 e. The number of hydrogen-bond donors (Lipinski definition) is 2. The third kappa shape index (κ3) is 2.11. The summed E-state index contributed by atoms with van der Waals surface area (Å²) in [5.41, 5.74) is 0. The number of thioether (sulfide) groups is 1. The fraction of sp³-hybridized carbons (Fsp3) is 0.818. The molecule has 2 aliphatic rings. The molecule has 5 heteroatoms. The van der Waals surface area contributed by atoms with Crippen molar-refractivity contribution in [2.24, 2.45) is 0 Å². The predicted octanol–water partition coefficient (Wildman–Crippen LogP) is 1.84. The SMILES string of the molecule is C1CCC(c2n[nH]c(C3CSCCN3)n2)C1. The number of aromatic amines is 1. The lowest BCUT2D eigenvalue weighted by Crippen LogP contribution is -2.31. The Morgan fingerprint density at radius 2 is 2.12 bits per heavy atom. The molecule has 88 valence electrons. The van der Waals surface area contributed by atoms with Gasteiger partial charge in [-0.1, -0.05) is 12.8 Å². The van der Waals surface area contributed by atoms with E-state index in [9.17, 15) is 0 Å². The van der Waals surface area contributed by atoms with Gasteiger partial charge in [-0.3, -0.25) is 5.10 Å². The number of nitrogens with one attached hydrogen (secondary N) is 2. The summed E-state index contributed by atoms with van der Waals surface area (Å²) in [4.78, 5) is 4.67. The summed E-state index contributed by atoms with van der Waals surface area (Å²) in [6.07, 6.45) is 5.21. The van der Waals surface area contributed by atoms with Crippen molar-refractivity contribution in [3.63, 3.8) is 0 Å². The van der Waals surface area contributed by atoms with Crippen LogP contribution in [0, 0.1) is 0 Å². The Hall–Kier alpha value is -0.550. The van der Waals surface area contributed by atoms with Crippen LogP contribution in [0.5, 0.6) is 0 Å². The van der Waals surface area contributed by atoms with E-state index in [4.69, 9.17) is 0 Å². The molecule has 2 N–H and O–H groups in total. The molecule has 1 aliphatic heterocycles. The molecule has 1 aromatic rings. The number of hydrogen-bond acceptors (Lipinski definition) is 4. The molecule has 1 saturated heterocycles. The van der Waals surface area contributed by atoms with Gasteiger partial charge in [0.25, 0.3) is 0 Å². The highest BCUT2D eigenvalue weighted by atomic mass is 32.2. The Bertz CT molecular complexity index is 340. The zero-order chi connectivity index (χ0) is 10.8. The standard InChI is InChI=1S/C11H18N4S/c1-2-4-8(3-1)10-13-11(15-14-10)9-7-16-6-5-12-9/h8-9,12H,1-7H2,(H,13,14,15). The monoisotopic (exact) mass is 238 g/mol. The van der Waals surface area contributed by atoms with Gasteiger partial charge >= 0.3 is 0 Å². The quantitative estimate of drug-likeness (QED) is 0.825. The van der Waals surface area contributed by atoms with E-state index in [0.29, 0.717) is 12.0 Å². The molecular formula is C11H18N4S. The minimum Gasteiger partial charge on any atom is -0.306 e. The van der Waals surface area contributed by atoms with E-state index >= 15 is 0 Å². The molecule has 0 spiro atoms. The lowest BCUT2D eigenvalue weighted by molar-refractivity contribution is 0.565. The second-order valence-corrected chi connectivity index (χ2v) is 5.79. The van der Waals surface area contributed by atoms with Crippen LogP contribution in [0.15, 0.2) is 0 Å². The lowest BCUT2D eigenvalue weighted by Gasteiger charge is -2.20. The van der Waals surface area contributed by atoms with Crippen LogP contribution < -0.4 is 5.32 Å². The molecule has 1 aromatic heterocycles. The largest absolute Gasteiger partial charge is 0.306 e. The molecule has 1 saturated carbocycles. The van der Waals surface area contributed by atoms with E-state index in [-0.39, 0.29) is 0 Å². The molecule has 1 aliphatic carbocycles. The molecular weight excluding hydrogens is 220 g/mol. The molecule has 1 unspecified atom stereocenters. The van der Waals surface area contributed by atoms with Crippen LogP contribution >= 0.6 is 11.8 Å². The van der Waals surface area contributed by atoms with Gasteiger partial charge in [-0.25, -0.2) is 4.98 Å². The molecule has 0 radical (unpaired) electrons. The van der Waals surface area contributed by atoms with Crippen molar-refractivity contribution < 1.29 is 0 Å². The van der Waals surface area contributed by atoms with Crippen molar-refractivity contribution in [3.05, 3.63) is 11.6 Å². The van der Waals surface area contributed by atoms with E-state index in [0.717, 1.165) is 23.9 Å². The van der Waals surface area contributed by atoms with Crippen molar-refractivity contribution in [1.29, 1.82) is 0 Å². The first-order valence-corrected chi connectivity index (χ1v) is 7.32. The van der Waals surface area contributed by atoms with Crippen molar-refractivity contribution >= 4 is 11.8 Å². The first-order valence-electron chi connectivity index (χ1n) is 6.17. The van der Waals surface area contributed by atoms with Gasteiger partial charge in [0.1, 0.15) is 5.82 Å². The number of rotatable bonds is 2. The minimum atomic E-state index is 0.376. The normalized spacial score (nSPS) is 27.4. The fourth-order valence-corrected chi connectivity index (χ4v) is 3.49. The summed E-state index contributed by atoms with van der Waals surface area (Å²) in [6, 6.07) is 0.376. The van der Waals surface area contributed by atoms with Gasteiger partial charge in [0.2, 0.25) is 0 Å². The molecule has 0 aromatic carbocycles. The maximum absolute atomic E-state index is 4.67. The van der Waals surface area contributed by atoms with Gasteiger partial charge in [0, 0.05) is 24.0 Å². The van der Waals surface area contributed by atoms with Gasteiger partial charge in [-0.2, -0.15) is 16.9 Å². The minimum absolute atomic E-state index is 0.376. The first-order chi connectivity index (χ1) is 7.93. The molecule has 2 fully saturated rings. The highest BCUT2D eigenvalue weighted by Gasteiger charge is 2.24. The molecule has 3 rings (SSSR count). The maximum Gasteiger partial charge on any atom is 0.153 e. The van der Waals surface area contributed by atoms with Crippen LogP contribution in [0.25, 0.3) is 0 Å². The predicted molar refractivity (Wildman–Crippen MR) is 65.7 cm³/mol. The molecule has 4 nitrogen and oxygen atoms in total. The lowest BCUT2D eigenvalue weighted by atomic mass is 10.1. The molecule has 2 heterocycles. The van der Waals surface area contributed by atoms with Crippen LogP contribution in [-0.4, -0.2) is 33.2 Å². The second kappa shape index (κ2) is 4.75. The van der Waals surface area contributed by atoms with E-state index < -0.39 is 0 Å². The number of nitrogens with zero attached hydrogens (tertiary/aromatic N) is 2. The third-order valence-electron chi connectivity index (χ3n) is 3.49. The zero-order valence-electron chi connectivity index (χ0n) is 9.41. The van der Waals surface area contributed by atoms with Crippen LogP contribution in [0.1, 0.15) is 49.3 Å². The summed E-state index contributed by atoms with van der Waals surface area (Å²) in [5, 5.41) is 11.0. The summed E-state index contributed by atoms with van der Waals surface area (Å²) in [6.45, 7) is 1.08. The Kier molecular flexibility index (Phi) is 3.15. The summed E-state index contributed by atoms with van der Waals surface area (Å²) >= 11 is 1.99. The summed E-state index contributed by atoms with van der Waals surface area (Å²) < 4.78 is 0. The first kappa shape index (κ1) is 10.6. The highest BCUT2D eigenvalue weighted by Crippen LogP contribution is 2.32. The molecule has 16 heavy (non-hydrogen) atoms. The average Bonchev–Trinajstić information content (AvgIpc) is 3.01. The Morgan fingerprint density at radius 3 is 2.88 bits per heavy atom. The Balaban J connectivity index is 1.71. The van der Waals surface area contributed by atoms with E-state index in [1.807, 2.05) is 11.8 Å². The third-order valence-corrected chi connectivity index (χ3v) is 4.55. The molecule has 0 amide bonds. The van der Waals surface area contributed by atoms with Crippen LogP contribution in [0.3, 0.4) is 0 Å². The Morgan fingerprint density at radius 1 is 1.25 bits per heavy atom. The van der Waals surface area contributed by atoms with Crippen molar-refractivity contribution in [2.45, 2.75) is 37.6 Å². The van der Waals surface area contributed by atoms with Crippen LogP contribution in [-0.2, 0) is 0 Å². The number of H-pyrrole nitrogens is 1. The van der Waals surface area contributed by atoms with Crippen LogP contribution in [0.4, 0.5) is 0 Å². The van der Waals surface area contributed by atoms with Crippen LogP contribution in [0.2, 0.25) is 0 Å². The average molecular weight is 238 g/mol. The summed E-state index contributed by atoms with van der Waals surface area (Å²) in [5.74, 6) is 5.01. The Labute approximate surface area is 100.0 Å². The van der Waals surface area contributed by atoms with E-state index in [1.165, 1.54) is 31.4 Å². The second-order valence-electron chi connectivity index (χ2n) is 4.64. The van der Waals surface area contributed by atoms with Crippen molar-refractivity contribution in [2.75, 3.05) is 18.1 Å². The van der Waals surface area contributed by atoms with E-state index in [2.05, 4.69) is 20.5 Å². The van der Waals surface area contributed by atoms with E-state index in [1.54, 1.807) is 0 Å². The zero-order valence-corrected chi connectivity index (χ0v) is 10.2. The van der Waals surface area contributed by atoms with Crippen molar-refractivity contribution in [1.82, 2.24) is 20.5 Å². The highest BCUT2D eigenvalue weighted by molar-refractivity contribution is 7.99. The number of aromatic nitrogens is 3. The topological polar surface area (TPSA) is 53.6 Å². The molecule has 0 bridgehead atoms. The van der Waals surface area contributed by atoms with Gasteiger partial charge < -0.3 is 5.32 Å². The van der Waals surface area contributed by atoms with Gasteiger partial charge in [0.05, 0.1) is 6.04 Å². The van der Waals surface area contributed by atoms with Crippen molar-refractivity contribution in [3.8, 4) is 0 Å².